The normalized spacial score (nSPS) is 14.0. The SMILES string of the molecule is NC(Cc1ccccc1)C(=O)NC(Cc1cnc[nH]1)C(=O)NC(CS)C(=O)NC(CCC(=O)O)C(=O)O. The Bertz CT molecular complexity index is 1070. The fraction of sp³-hybridized carbons (Fsp3) is 0.391. The number of thiol groups is 1. The van der Waals surface area contributed by atoms with Gasteiger partial charge in [-0.15, -0.1) is 0 Å². The smallest absolute Gasteiger partial charge is 0.326 e. The van der Waals surface area contributed by atoms with Crippen molar-refractivity contribution in [1.82, 2.24) is 25.9 Å². The van der Waals surface area contributed by atoms with E-state index in [1.165, 1.54) is 12.5 Å². The topological polar surface area (TPSA) is 217 Å². The Morgan fingerprint density at radius 2 is 1.54 bits per heavy atom. The number of carboxylic acids is 2. The van der Waals surface area contributed by atoms with Crippen LogP contribution in [0.25, 0.3) is 0 Å². The van der Waals surface area contributed by atoms with Crippen molar-refractivity contribution in [2.24, 2.45) is 5.73 Å². The number of carbonyl (C=O) groups is 5. The summed E-state index contributed by atoms with van der Waals surface area (Å²) in [5.41, 5.74) is 7.41. The molecule has 37 heavy (non-hydrogen) atoms. The number of rotatable bonds is 15. The summed E-state index contributed by atoms with van der Waals surface area (Å²) in [6, 6.07) is 4.26. The summed E-state index contributed by atoms with van der Waals surface area (Å²) in [7, 11) is 0. The van der Waals surface area contributed by atoms with Crippen molar-refractivity contribution in [3.63, 3.8) is 0 Å². The highest BCUT2D eigenvalue weighted by atomic mass is 32.1. The van der Waals surface area contributed by atoms with E-state index in [1.807, 2.05) is 30.3 Å². The number of nitrogens with zero attached hydrogens (tertiary/aromatic N) is 1. The van der Waals surface area contributed by atoms with Crippen LogP contribution in [0.2, 0.25) is 0 Å². The first-order valence-corrected chi connectivity index (χ1v) is 12.0. The molecule has 0 radical (unpaired) electrons. The maximum absolute atomic E-state index is 13.1. The van der Waals surface area contributed by atoms with Crippen LogP contribution >= 0.6 is 12.6 Å². The number of amides is 3. The zero-order valence-electron chi connectivity index (χ0n) is 19.8. The predicted octanol–water partition coefficient (Wildman–Crippen LogP) is -1.14. The third-order valence-electron chi connectivity index (χ3n) is 5.32. The molecule has 0 aliphatic heterocycles. The number of hydrogen-bond acceptors (Lipinski definition) is 8. The van der Waals surface area contributed by atoms with Crippen LogP contribution < -0.4 is 21.7 Å². The molecular weight excluding hydrogens is 504 g/mol. The van der Waals surface area contributed by atoms with Crippen molar-refractivity contribution >= 4 is 42.3 Å². The largest absolute Gasteiger partial charge is 0.481 e. The molecule has 1 aromatic carbocycles. The number of carbonyl (C=O) groups excluding carboxylic acids is 3. The van der Waals surface area contributed by atoms with Gasteiger partial charge in [0.15, 0.2) is 0 Å². The summed E-state index contributed by atoms with van der Waals surface area (Å²) in [4.78, 5) is 67.4. The Hall–Kier alpha value is -3.91. The molecule has 2 rings (SSSR count). The van der Waals surface area contributed by atoms with E-state index in [2.05, 4.69) is 38.5 Å². The van der Waals surface area contributed by atoms with Crippen molar-refractivity contribution in [3.8, 4) is 0 Å². The van der Waals surface area contributed by atoms with Gasteiger partial charge in [0.25, 0.3) is 0 Å². The van der Waals surface area contributed by atoms with Crippen LogP contribution in [-0.2, 0) is 36.8 Å². The molecule has 1 aromatic heterocycles. The molecule has 0 aliphatic carbocycles. The Balaban J connectivity index is 2.08. The van der Waals surface area contributed by atoms with Gasteiger partial charge in [0.2, 0.25) is 17.7 Å². The summed E-state index contributed by atoms with van der Waals surface area (Å²) in [6.07, 6.45) is 2.30. The Kier molecular flexibility index (Phi) is 11.6. The number of H-pyrrole nitrogens is 1. The number of aliphatic carboxylic acids is 2. The number of carboxylic acid groups (broad SMARTS) is 2. The highest BCUT2D eigenvalue weighted by molar-refractivity contribution is 7.80. The quantitative estimate of drug-likeness (QED) is 0.129. The first kappa shape index (κ1) is 29.3. The number of aromatic nitrogens is 2. The number of hydrogen-bond donors (Lipinski definition) is 8. The second kappa shape index (κ2) is 14.6. The van der Waals surface area contributed by atoms with Crippen LogP contribution in [0, 0.1) is 0 Å². The molecule has 0 bridgehead atoms. The molecule has 8 N–H and O–H groups in total. The highest BCUT2D eigenvalue weighted by Gasteiger charge is 2.30. The van der Waals surface area contributed by atoms with Gasteiger partial charge >= 0.3 is 11.9 Å². The minimum Gasteiger partial charge on any atom is -0.481 e. The summed E-state index contributed by atoms with van der Waals surface area (Å²) in [5, 5.41) is 25.3. The van der Waals surface area contributed by atoms with E-state index in [-0.39, 0.29) is 25.0 Å². The standard InChI is InChI=1S/C23H30N6O7S/c24-15(8-13-4-2-1-3-5-13)20(32)28-17(9-14-10-25-12-26-14)21(33)29-18(11-37)22(34)27-16(23(35)36)6-7-19(30)31/h1-5,10,12,15-18,37H,6-9,11,24H2,(H,25,26)(H,27,34)(H,28,32)(H,29,33)(H,30,31)(H,35,36). The summed E-state index contributed by atoms with van der Waals surface area (Å²) in [6.45, 7) is 0. The van der Waals surface area contributed by atoms with Gasteiger partial charge in [-0.05, 0) is 18.4 Å². The minimum atomic E-state index is -1.47. The lowest BCUT2D eigenvalue weighted by molar-refractivity contribution is -0.143. The Morgan fingerprint density at radius 1 is 0.919 bits per heavy atom. The molecular formula is C23H30N6O7S. The highest BCUT2D eigenvalue weighted by Crippen LogP contribution is 2.05. The van der Waals surface area contributed by atoms with Crippen molar-refractivity contribution in [2.75, 3.05) is 5.75 Å². The second-order valence-corrected chi connectivity index (χ2v) is 8.58. The van der Waals surface area contributed by atoms with E-state index < -0.39 is 60.2 Å². The van der Waals surface area contributed by atoms with Gasteiger partial charge in [-0.1, -0.05) is 30.3 Å². The average Bonchev–Trinajstić information content (AvgIpc) is 3.37. The van der Waals surface area contributed by atoms with Gasteiger partial charge in [-0.3, -0.25) is 19.2 Å². The van der Waals surface area contributed by atoms with E-state index >= 15 is 0 Å². The molecule has 0 fully saturated rings. The second-order valence-electron chi connectivity index (χ2n) is 8.21. The third-order valence-corrected chi connectivity index (χ3v) is 5.69. The average molecular weight is 535 g/mol. The lowest BCUT2D eigenvalue weighted by Gasteiger charge is -2.24. The lowest BCUT2D eigenvalue weighted by Crippen LogP contribution is -2.58. The maximum Gasteiger partial charge on any atom is 0.326 e. The minimum absolute atomic E-state index is 0.00685. The molecule has 4 atom stereocenters. The number of aromatic amines is 1. The number of nitrogens with two attached hydrogens (primary N) is 1. The van der Waals surface area contributed by atoms with Crippen molar-refractivity contribution < 1.29 is 34.2 Å². The summed E-state index contributed by atoms with van der Waals surface area (Å²) in [5.74, 6) is -5.02. The molecule has 0 saturated carbocycles. The number of benzene rings is 1. The molecule has 3 amide bonds. The van der Waals surface area contributed by atoms with Crippen LogP contribution in [0.3, 0.4) is 0 Å². The van der Waals surface area contributed by atoms with Gasteiger partial charge in [-0.25, -0.2) is 9.78 Å². The Morgan fingerprint density at radius 3 is 2.11 bits per heavy atom. The number of nitrogens with one attached hydrogen (secondary N) is 4. The molecule has 1 heterocycles. The van der Waals surface area contributed by atoms with E-state index in [0.29, 0.717) is 5.69 Å². The van der Waals surface area contributed by atoms with Gasteiger partial charge in [0.05, 0.1) is 12.4 Å². The summed E-state index contributed by atoms with van der Waals surface area (Å²) < 4.78 is 0. The van der Waals surface area contributed by atoms with E-state index in [4.69, 9.17) is 10.8 Å². The van der Waals surface area contributed by atoms with Gasteiger partial charge < -0.3 is 36.9 Å². The Labute approximate surface area is 218 Å². The summed E-state index contributed by atoms with van der Waals surface area (Å²) >= 11 is 4.06. The fourth-order valence-corrected chi connectivity index (χ4v) is 3.59. The maximum atomic E-state index is 13.1. The molecule has 14 heteroatoms. The molecule has 0 aliphatic rings. The molecule has 2 aromatic rings. The zero-order chi connectivity index (χ0) is 27.4. The first-order valence-electron chi connectivity index (χ1n) is 11.3. The van der Waals surface area contributed by atoms with Crippen LogP contribution in [-0.4, -0.2) is 79.8 Å². The van der Waals surface area contributed by atoms with Crippen LogP contribution in [0.15, 0.2) is 42.9 Å². The number of imidazole rings is 1. The van der Waals surface area contributed by atoms with Gasteiger partial charge in [-0.2, -0.15) is 12.6 Å². The van der Waals surface area contributed by atoms with Crippen molar-refractivity contribution in [2.45, 2.75) is 49.9 Å². The molecule has 0 spiro atoms. The zero-order valence-corrected chi connectivity index (χ0v) is 20.7. The van der Waals surface area contributed by atoms with Crippen molar-refractivity contribution in [3.05, 3.63) is 54.1 Å². The van der Waals surface area contributed by atoms with E-state index in [0.717, 1.165) is 5.56 Å². The van der Waals surface area contributed by atoms with Crippen LogP contribution in [0.4, 0.5) is 0 Å². The third kappa shape index (κ3) is 9.93. The fourth-order valence-electron chi connectivity index (χ4n) is 3.33. The van der Waals surface area contributed by atoms with E-state index in [9.17, 15) is 29.1 Å². The predicted molar refractivity (Wildman–Crippen MR) is 135 cm³/mol. The van der Waals surface area contributed by atoms with Gasteiger partial charge in [0.1, 0.15) is 18.1 Å². The van der Waals surface area contributed by atoms with Crippen LogP contribution in [0.1, 0.15) is 24.1 Å². The first-order chi connectivity index (χ1) is 17.6. The van der Waals surface area contributed by atoms with Gasteiger partial charge in [0, 0.05) is 30.5 Å². The molecule has 200 valence electrons. The molecule has 0 saturated heterocycles. The van der Waals surface area contributed by atoms with Crippen LogP contribution in [0.5, 0.6) is 0 Å². The monoisotopic (exact) mass is 534 g/mol. The van der Waals surface area contributed by atoms with E-state index in [1.54, 1.807) is 0 Å². The van der Waals surface area contributed by atoms with Crippen molar-refractivity contribution in [1.29, 1.82) is 0 Å². The molecule has 13 nitrogen and oxygen atoms in total. The lowest BCUT2D eigenvalue weighted by atomic mass is 10.0. The molecule has 4 unspecified atom stereocenters.